The van der Waals surface area contributed by atoms with E-state index in [1.807, 2.05) is 41.5 Å². The Balaban J connectivity index is 1.83. The van der Waals surface area contributed by atoms with E-state index in [4.69, 9.17) is 0 Å². The monoisotopic (exact) mass is 632 g/mol. The predicted molar refractivity (Wildman–Crippen MR) is 171 cm³/mol. The van der Waals surface area contributed by atoms with E-state index in [2.05, 4.69) is 47.4 Å². The van der Waals surface area contributed by atoms with Crippen molar-refractivity contribution in [1.82, 2.24) is 31.5 Å². The Bertz CT molecular complexity index is 1160. The Morgan fingerprint density at radius 2 is 1.67 bits per heavy atom. The molecule has 0 spiro atoms. The molecule has 12 heteroatoms. The summed E-state index contributed by atoms with van der Waals surface area (Å²) in [4.78, 5) is 81.4. The van der Waals surface area contributed by atoms with Crippen LogP contribution in [0.4, 0.5) is 4.79 Å². The topological polar surface area (TPSA) is 166 Å². The number of hydrogen-bond donors (Lipinski definition) is 5. The number of carbonyl (C=O) groups excluding carboxylic acids is 6. The standard InChI is InChI=1S/C33H56N6O6/c1-10-11-12-13-15-34-28(43)24(40)21(17-19-14-16-35-26(19)41)36-27(42)23-22-20(33(22,8)9)18-39(23)29(44)25(31(2,3)4)37-30(45)38-32(5,6)7/h19-23,25H,10-18H2,1-9H3,(H,34,43)(H,35,41)(H,36,42)(H2,37,38,45)/t19-,20-,21-,22-,23-,25+/m0/s1. The third-order valence-corrected chi connectivity index (χ3v) is 9.49. The minimum absolute atomic E-state index is 0.00301. The van der Waals surface area contributed by atoms with Crippen LogP contribution < -0.4 is 26.6 Å². The lowest BCUT2D eigenvalue weighted by Crippen LogP contribution is -2.62. The average Bonchev–Trinajstić information content (AvgIpc) is 3.25. The molecule has 0 unspecified atom stereocenters. The highest BCUT2D eigenvalue weighted by Gasteiger charge is 2.70. The number of fused-ring (bicyclic) bond motifs is 1. The van der Waals surface area contributed by atoms with E-state index in [1.165, 1.54) is 4.90 Å². The van der Waals surface area contributed by atoms with Gasteiger partial charge in [-0.15, -0.1) is 0 Å². The maximum absolute atomic E-state index is 14.1. The number of hydrogen-bond acceptors (Lipinski definition) is 6. The van der Waals surface area contributed by atoms with Crippen molar-refractivity contribution in [1.29, 1.82) is 0 Å². The van der Waals surface area contributed by atoms with Gasteiger partial charge in [-0.2, -0.15) is 0 Å². The number of nitrogens with one attached hydrogen (secondary N) is 5. The van der Waals surface area contributed by atoms with E-state index >= 15 is 0 Å². The lowest BCUT2D eigenvalue weighted by molar-refractivity contribution is -0.145. The molecule has 0 radical (unpaired) electrons. The van der Waals surface area contributed by atoms with Gasteiger partial charge in [0, 0.05) is 31.1 Å². The first kappa shape index (κ1) is 36.3. The molecule has 1 aliphatic carbocycles. The van der Waals surface area contributed by atoms with Gasteiger partial charge in [-0.25, -0.2) is 4.79 Å². The number of nitrogens with zero attached hydrogens (tertiary/aromatic N) is 1. The van der Waals surface area contributed by atoms with Crippen molar-refractivity contribution in [2.75, 3.05) is 19.6 Å². The fourth-order valence-electron chi connectivity index (χ4n) is 6.78. The summed E-state index contributed by atoms with van der Waals surface area (Å²) in [7, 11) is 0. The van der Waals surface area contributed by atoms with Crippen LogP contribution in [0.1, 0.15) is 101 Å². The molecule has 2 aliphatic heterocycles. The molecule has 2 heterocycles. The van der Waals surface area contributed by atoms with E-state index in [-0.39, 0.29) is 35.5 Å². The van der Waals surface area contributed by atoms with E-state index in [1.54, 1.807) is 0 Å². The lowest BCUT2D eigenvalue weighted by Gasteiger charge is -2.38. The van der Waals surface area contributed by atoms with E-state index in [9.17, 15) is 28.8 Å². The number of urea groups is 1. The number of rotatable bonds is 13. The summed E-state index contributed by atoms with van der Waals surface area (Å²) in [6.45, 7) is 18.4. The Kier molecular flexibility index (Phi) is 11.3. The number of likely N-dealkylation sites (tertiary alicyclic amines) is 1. The Morgan fingerprint density at radius 1 is 1.00 bits per heavy atom. The zero-order valence-corrected chi connectivity index (χ0v) is 28.7. The van der Waals surface area contributed by atoms with Crippen LogP contribution >= 0.6 is 0 Å². The van der Waals surface area contributed by atoms with Crippen molar-refractivity contribution in [3.63, 3.8) is 0 Å². The highest BCUT2D eigenvalue weighted by Crippen LogP contribution is 2.65. The number of amides is 6. The van der Waals surface area contributed by atoms with Crippen LogP contribution in [-0.2, 0) is 24.0 Å². The van der Waals surface area contributed by atoms with Gasteiger partial charge < -0.3 is 31.5 Å². The molecule has 0 aromatic heterocycles. The minimum atomic E-state index is -1.21. The molecule has 3 rings (SSSR count). The van der Waals surface area contributed by atoms with Crippen LogP contribution in [0.2, 0.25) is 0 Å². The quantitative estimate of drug-likeness (QED) is 0.154. The Hall–Kier alpha value is -3.18. The highest BCUT2D eigenvalue weighted by atomic mass is 16.2. The Morgan fingerprint density at radius 3 is 2.22 bits per heavy atom. The zero-order chi connectivity index (χ0) is 33.9. The molecule has 0 aromatic rings. The van der Waals surface area contributed by atoms with Crippen LogP contribution in [0.5, 0.6) is 0 Å². The SMILES string of the molecule is CCCCCCNC(=O)C(=O)[C@H](C[C@@H]1CCNC1=O)NC(=O)[C@@H]1[C@@H]2[C@H](CN1C(=O)[C@@H](NC(=O)NC(C)(C)C)C(C)(C)C)C2(C)C. The molecule has 0 aromatic carbocycles. The lowest BCUT2D eigenvalue weighted by atomic mass is 9.85. The van der Waals surface area contributed by atoms with E-state index in [0.717, 1.165) is 25.7 Å². The normalized spacial score (nSPS) is 25.0. The van der Waals surface area contributed by atoms with Gasteiger partial charge in [0.1, 0.15) is 12.1 Å². The van der Waals surface area contributed by atoms with Gasteiger partial charge in [0.25, 0.3) is 5.91 Å². The van der Waals surface area contributed by atoms with Crippen molar-refractivity contribution < 1.29 is 28.8 Å². The van der Waals surface area contributed by atoms with Crippen molar-refractivity contribution in [2.45, 2.75) is 125 Å². The number of Topliss-reactive ketones (excluding diaryl/α,β-unsaturated/α-hetero) is 1. The van der Waals surface area contributed by atoms with Gasteiger partial charge in [-0.3, -0.25) is 24.0 Å². The molecular formula is C33H56N6O6. The van der Waals surface area contributed by atoms with Crippen molar-refractivity contribution in [3.05, 3.63) is 0 Å². The molecule has 45 heavy (non-hydrogen) atoms. The molecule has 6 atom stereocenters. The molecular weight excluding hydrogens is 576 g/mol. The van der Waals surface area contributed by atoms with Gasteiger partial charge in [0.2, 0.25) is 23.5 Å². The third kappa shape index (κ3) is 8.97. The molecule has 5 N–H and O–H groups in total. The Labute approximate surface area is 268 Å². The molecule has 12 nitrogen and oxygen atoms in total. The van der Waals surface area contributed by atoms with Crippen molar-refractivity contribution >= 4 is 35.4 Å². The van der Waals surface area contributed by atoms with Crippen LogP contribution in [-0.4, -0.2) is 83.6 Å². The van der Waals surface area contributed by atoms with E-state index < -0.39 is 58.6 Å². The summed E-state index contributed by atoms with van der Waals surface area (Å²) in [6, 6.07) is -3.51. The van der Waals surface area contributed by atoms with Gasteiger partial charge >= 0.3 is 6.03 Å². The second-order valence-corrected chi connectivity index (χ2v) is 15.8. The van der Waals surface area contributed by atoms with Crippen molar-refractivity contribution in [3.8, 4) is 0 Å². The summed E-state index contributed by atoms with van der Waals surface area (Å²) < 4.78 is 0. The summed E-state index contributed by atoms with van der Waals surface area (Å²) in [5, 5.41) is 13.9. The summed E-state index contributed by atoms with van der Waals surface area (Å²) in [5.74, 6) is -3.30. The zero-order valence-electron chi connectivity index (χ0n) is 28.7. The van der Waals surface area contributed by atoms with Crippen LogP contribution in [0, 0.1) is 28.6 Å². The van der Waals surface area contributed by atoms with Gasteiger partial charge in [-0.1, -0.05) is 60.8 Å². The summed E-state index contributed by atoms with van der Waals surface area (Å²) in [6.07, 6.45) is 4.24. The van der Waals surface area contributed by atoms with Crippen molar-refractivity contribution in [2.24, 2.45) is 28.6 Å². The predicted octanol–water partition coefficient (Wildman–Crippen LogP) is 2.26. The first-order chi connectivity index (χ1) is 20.8. The van der Waals surface area contributed by atoms with Gasteiger partial charge in [0.05, 0.1) is 6.04 Å². The molecule has 6 amide bonds. The maximum atomic E-state index is 14.1. The largest absolute Gasteiger partial charge is 0.356 e. The fourth-order valence-corrected chi connectivity index (χ4v) is 6.78. The van der Waals surface area contributed by atoms with E-state index in [0.29, 0.717) is 26.1 Å². The second kappa shape index (κ2) is 14.1. The third-order valence-electron chi connectivity index (χ3n) is 9.49. The summed E-state index contributed by atoms with van der Waals surface area (Å²) in [5.41, 5.74) is -1.39. The molecule has 3 fully saturated rings. The molecule has 254 valence electrons. The second-order valence-electron chi connectivity index (χ2n) is 15.8. The molecule has 3 aliphatic rings. The smallest absolute Gasteiger partial charge is 0.315 e. The average molecular weight is 633 g/mol. The van der Waals surface area contributed by atoms with Gasteiger partial charge in [-0.05, 0) is 62.7 Å². The number of piperidine rings is 1. The maximum Gasteiger partial charge on any atom is 0.315 e. The van der Waals surface area contributed by atoms with Crippen LogP contribution in [0.3, 0.4) is 0 Å². The number of carbonyl (C=O) groups is 6. The molecule has 1 saturated carbocycles. The first-order valence-electron chi connectivity index (χ1n) is 16.6. The van der Waals surface area contributed by atoms with Gasteiger partial charge in [0.15, 0.2) is 0 Å². The summed E-state index contributed by atoms with van der Waals surface area (Å²) >= 11 is 0. The number of ketones is 1. The first-order valence-corrected chi connectivity index (χ1v) is 16.6. The fraction of sp³-hybridized carbons (Fsp3) is 0.818. The minimum Gasteiger partial charge on any atom is -0.356 e. The van der Waals surface area contributed by atoms with Crippen LogP contribution in [0.15, 0.2) is 0 Å². The highest BCUT2D eigenvalue weighted by molar-refractivity contribution is 6.38. The molecule has 2 saturated heterocycles. The van der Waals surface area contributed by atoms with Crippen LogP contribution in [0.25, 0.3) is 0 Å². The molecule has 0 bridgehead atoms. The number of unbranched alkanes of at least 4 members (excludes halogenated alkanes) is 3.